The van der Waals surface area contributed by atoms with Crippen LogP contribution in [0.25, 0.3) is 0 Å². The second kappa shape index (κ2) is 5.71. The van der Waals surface area contributed by atoms with Crippen LogP contribution < -0.4 is 0 Å². The Morgan fingerprint density at radius 3 is 2.53 bits per heavy atom. The first-order valence-electron chi connectivity index (χ1n) is 5.27. The lowest BCUT2D eigenvalue weighted by molar-refractivity contribution is 0.0802. The van der Waals surface area contributed by atoms with E-state index in [2.05, 4.69) is 6.58 Å². The lowest BCUT2D eigenvalue weighted by atomic mass is 10.2. The van der Waals surface area contributed by atoms with E-state index in [0.717, 1.165) is 18.2 Å². The van der Waals surface area contributed by atoms with Gasteiger partial charge >= 0.3 is 0 Å². The highest BCUT2D eigenvalue weighted by atomic mass is 35.7. The van der Waals surface area contributed by atoms with Gasteiger partial charge in [-0.15, -0.1) is 0 Å². The maximum atomic E-state index is 13.2. The Bertz CT molecular complexity index is 628. The molecule has 0 heterocycles. The van der Waals surface area contributed by atoms with Gasteiger partial charge in [-0.1, -0.05) is 12.2 Å². The molecule has 0 unspecified atom stereocenters. The van der Waals surface area contributed by atoms with Gasteiger partial charge in [0.15, 0.2) is 0 Å². The summed E-state index contributed by atoms with van der Waals surface area (Å²) in [5.41, 5.74) is 0.418. The van der Waals surface area contributed by atoms with Gasteiger partial charge in [0.1, 0.15) is 5.82 Å². The average molecular weight is 306 g/mol. The van der Waals surface area contributed by atoms with Crippen molar-refractivity contribution in [2.24, 2.45) is 0 Å². The summed E-state index contributed by atoms with van der Waals surface area (Å²) in [7, 11) is 2.58. The molecule has 0 spiro atoms. The first-order chi connectivity index (χ1) is 8.62. The molecular weight excluding hydrogens is 293 g/mol. The van der Waals surface area contributed by atoms with Crippen molar-refractivity contribution in [1.82, 2.24) is 4.90 Å². The highest BCUT2D eigenvalue weighted by Gasteiger charge is 2.23. The summed E-state index contributed by atoms with van der Waals surface area (Å²) in [5.74, 6) is -1.35. The molecule has 0 fully saturated rings. The van der Waals surface area contributed by atoms with Gasteiger partial charge in [-0.3, -0.25) is 4.79 Å². The van der Waals surface area contributed by atoms with E-state index in [1.165, 1.54) is 11.9 Å². The molecule has 7 heteroatoms. The number of hydrogen-bond acceptors (Lipinski definition) is 3. The fourth-order valence-electron chi connectivity index (χ4n) is 1.56. The number of amides is 1. The van der Waals surface area contributed by atoms with Crippen molar-refractivity contribution in [2.75, 3.05) is 13.6 Å². The summed E-state index contributed by atoms with van der Waals surface area (Å²) in [6.45, 7) is 5.60. The Kier molecular flexibility index (Phi) is 4.70. The zero-order chi connectivity index (χ0) is 14.8. The summed E-state index contributed by atoms with van der Waals surface area (Å²) in [5, 5.41) is 0. The number of nitrogens with zero attached hydrogens (tertiary/aromatic N) is 1. The van der Waals surface area contributed by atoms with E-state index in [4.69, 9.17) is 10.7 Å². The maximum Gasteiger partial charge on any atom is 0.262 e. The predicted molar refractivity (Wildman–Crippen MR) is 71.2 cm³/mol. The monoisotopic (exact) mass is 305 g/mol. The molecule has 0 N–H and O–H groups in total. The van der Waals surface area contributed by atoms with Crippen LogP contribution in [0.3, 0.4) is 0 Å². The van der Waals surface area contributed by atoms with Crippen molar-refractivity contribution in [2.45, 2.75) is 11.8 Å². The van der Waals surface area contributed by atoms with Crippen LogP contribution >= 0.6 is 10.7 Å². The van der Waals surface area contributed by atoms with Crippen molar-refractivity contribution in [3.8, 4) is 0 Å². The Morgan fingerprint density at radius 2 is 2.05 bits per heavy atom. The summed E-state index contributed by atoms with van der Waals surface area (Å²) in [6, 6.07) is 2.76. The smallest absolute Gasteiger partial charge is 0.262 e. The van der Waals surface area contributed by atoms with Gasteiger partial charge in [-0.2, -0.15) is 0 Å². The van der Waals surface area contributed by atoms with E-state index in [1.807, 2.05) is 0 Å². The zero-order valence-electron chi connectivity index (χ0n) is 10.5. The molecule has 104 valence electrons. The van der Waals surface area contributed by atoms with Crippen LogP contribution in [0.15, 0.2) is 35.2 Å². The Balaban J connectivity index is 3.29. The van der Waals surface area contributed by atoms with Crippen molar-refractivity contribution in [3.63, 3.8) is 0 Å². The Hall–Kier alpha value is -1.40. The van der Waals surface area contributed by atoms with Crippen LogP contribution in [-0.4, -0.2) is 32.8 Å². The fourth-order valence-corrected chi connectivity index (χ4v) is 2.61. The van der Waals surface area contributed by atoms with E-state index < -0.39 is 25.7 Å². The third-order valence-electron chi connectivity index (χ3n) is 2.29. The van der Waals surface area contributed by atoms with Crippen molar-refractivity contribution < 1.29 is 17.6 Å². The van der Waals surface area contributed by atoms with Gasteiger partial charge < -0.3 is 4.90 Å². The quantitative estimate of drug-likeness (QED) is 0.634. The third-order valence-corrected chi connectivity index (χ3v) is 3.67. The highest BCUT2D eigenvalue weighted by molar-refractivity contribution is 8.13. The number of likely N-dealkylation sites (N-methyl/N-ethyl adjacent to an activating group) is 1. The Morgan fingerprint density at radius 1 is 1.47 bits per heavy atom. The summed E-state index contributed by atoms with van der Waals surface area (Å²) >= 11 is 0. The van der Waals surface area contributed by atoms with Gasteiger partial charge in [0, 0.05) is 24.3 Å². The molecule has 0 bridgehead atoms. The predicted octanol–water partition coefficient (Wildman–Crippen LogP) is 2.40. The van der Waals surface area contributed by atoms with Gasteiger partial charge in [-0.05, 0) is 25.1 Å². The fraction of sp³-hybridized carbons (Fsp3) is 0.250. The molecule has 0 atom stereocenters. The van der Waals surface area contributed by atoms with Crippen LogP contribution in [-0.2, 0) is 9.05 Å². The molecule has 1 rings (SSSR count). The van der Waals surface area contributed by atoms with Gasteiger partial charge in [-0.25, -0.2) is 12.8 Å². The Labute approximate surface area is 115 Å². The van der Waals surface area contributed by atoms with E-state index in [-0.39, 0.29) is 12.1 Å². The number of carbonyl (C=O) groups excluding carboxylic acids is 1. The van der Waals surface area contributed by atoms with E-state index in [9.17, 15) is 17.6 Å². The highest BCUT2D eigenvalue weighted by Crippen LogP contribution is 2.22. The van der Waals surface area contributed by atoms with Crippen LogP contribution in [0, 0.1) is 5.82 Å². The van der Waals surface area contributed by atoms with E-state index in [1.54, 1.807) is 6.92 Å². The average Bonchev–Trinajstić information content (AvgIpc) is 2.25. The molecule has 0 saturated heterocycles. The molecule has 0 aliphatic heterocycles. The zero-order valence-corrected chi connectivity index (χ0v) is 12.1. The molecule has 19 heavy (non-hydrogen) atoms. The topological polar surface area (TPSA) is 54.5 Å². The van der Waals surface area contributed by atoms with Crippen molar-refractivity contribution in [3.05, 3.63) is 41.7 Å². The summed E-state index contributed by atoms with van der Waals surface area (Å²) < 4.78 is 35.9. The minimum absolute atomic E-state index is 0.233. The molecule has 0 aromatic heterocycles. The van der Waals surface area contributed by atoms with Crippen LogP contribution in [0.4, 0.5) is 4.39 Å². The van der Waals surface area contributed by atoms with Crippen molar-refractivity contribution in [1.29, 1.82) is 0 Å². The molecular formula is C12H13ClFNO3S. The lowest BCUT2D eigenvalue weighted by Crippen LogP contribution is -2.29. The molecule has 0 aliphatic carbocycles. The number of hydrogen-bond donors (Lipinski definition) is 0. The third kappa shape index (κ3) is 4.04. The number of carbonyl (C=O) groups is 1. The largest absolute Gasteiger partial charge is 0.338 e. The number of benzene rings is 1. The maximum absolute atomic E-state index is 13.2. The minimum atomic E-state index is -4.12. The first-order valence-corrected chi connectivity index (χ1v) is 7.58. The van der Waals surface area contributed by atoms with E-state index in [0.29, 0.717) is 5.57 Å². The summed E-state index contributed by atoms with van der Waals surface area (Å²) in [4.78, 5) is 12.9. The first kappa shape index (κ1) is 15.7. The van der Waals surface area contributed by atoms with Crippen molar-refractivity contribution >= 4 is 25.6 Å². The number of halogens is 2. The normalized spacial score (nSPS) is 11.2. The molecule has 1 amide bonds. The molecule has 1 aromatic carbocycles. The molecule has 4 nitrogen and oxygen atoms in total. The second-order valence-corrected chi connectivity index (χ2v) is 6.73. The molecule has 0 radical (unpaired) electrons. The second-order valence-electron chi connectivity index (χ2n) is 4.20. The van der Waals surface area contributed by atoms with Crippen LogP contribution in [0.5, 0.6) is 0 Å². The van der Waals surface area contributed by atoms with Crippen LogP contribution in [0.2, 0.25) is 0 Å². The van der Waals surface area contributed by atoms with E-state index >= 15 is 0 Å². The molecule has 1 aromatic rings. The van der Waals surface area contributed by atoms with Gasteiger partial charge in [0.05, 0.1) is 10.5 Å². The van der Waals surface area contributed by atoms with Gasteiger partial charge in [0.25, 0.3) is 15.0 Å². The van der Waals surface area contributed by atoms with Gasteiger partial charge in [0.2, 0.25) is 0 Å². The summed E-state index contributed by atoms with van der Waals surface area (Å²) in [6.07, 6.45) is 0. The minimum Gasteiger partial charge on any atom is -0.338 e. The molecule has 0 aliphatic rings. The number of rotatable bonds is 4. The molecule has 0 saturated carbocycles. The SMILES string of the molecule is C=C(C)CN(C)C(=O)c1cc(F)ccc1S(=O)(=O)Cl. The lowest BCUT2D eigenvalue weighted by Gasteiger charge is -2.18. The van der Waals surface area contributed by atoms with Crippen LogP contribution in [0.1, 0.15) is 17.3 Å². The standard InChI is InChI=1S/C12H13ClFNO3S/c1-8(2)7-15(3)12(16)10-6-9(14)4-5-11(10)19(13,17)18/h4-6H,1,7H2,2-3H3.